The number of anilines is 1. The predicted molar refractivity (Wildman–Crippen MR) is 139 cm³/mol. The van der Waals surface area contributed by atoms with Gasteiger partial charge in [0.15, 0.2) is 5.13 Å². The van der Waals surface area contributed by atoms with Crippen LogP contribution in [0.5, 0.6) is 0 Å². The first-order valence-electron chi connectivity index (χ1n) is 11.1. The van der Waals surface area contributed by atoms with Crippen LogP contribution in [0.2, 0.25) is 0 Å². The number of amides is 1. The molecule has 35 heavy (non-hydrogen) atoms. The molecule has 0 fully saturated rings. The molecule has 0 radical (unpaired) electrons. The van der Waals surface area contributed by atoms with Crippen LogP contribution in [-0.2, 0) is 4.74 Å². The molecule has 0 aliphatic heterocycles. The van der Waals surface area contributed by atoms with E-state index < -0.39 is 0 Å². The van der Waals surface area contributed by atoms with Crippen LogP contribution in [0.3, 0.4) is 0 Å². The van der Waals surface area contributed by atoms with Gasteiger partial charge in [-0.25, -0.2) is 14.8 Å². The largest absolute Gasteiger partial charge is 0.462 e. The number of ether oxygens (including phenoxy) is 1. The minimum Gasteiger partial charge on any atom is -0.462 e. The number of nitrogens with zero attached hydrogens (tertiary/aromatic N) is 2. The lowest BCUT2D eigenvalue weighted by Crippen LogP contribution is -2.13. The van der Waals surface area contributed by atoms with Gasteiger partial charge in [0.05, 0.1) is 34.6 Å². The maximum absolute atomic E-state index is 13.3. The van der Waals surface area contributed by atoms with Crippen LogP contribution in [0, 0.1) is 0 Å². The number of carbonyl (C=O) groups excluding carboxylic acids is 2. The number of thiazole rings is 1. The van der Waals surface area contributed by atoms with E-state index in [4.69, 9.17) is 9.72 Å². The second-order valence-electron chi connectivity index (χ2n) is 7.73. The average Bonchev–Trinajstić information content (AvgIpc) is 3.37. The van der Waals surface area contributed by atoms with Gasteiger partial charge in [-0.3, -0.25) is 10.1 Å². The number of para-hydroxylation sites is 1. The molecular weight excluding hydrogens is 458 g/mol. The summed E-state index contributed by atoms with van der Waals surface area (Å²) >= 11 is 1.32. The molecule has 0 saturated heterocycles. The molecule has 172 valence electrons. The summed E-state index contributed by atoms with van der Waals surface area (Å²) in [5.41, 5.74) is 4.83. The molecule has 0 spiro atoms. The number of hydrogen-bond donors (Lipinski definition) is 1. The minimum atomic E-state index is -0.378. The van der Waals surface area contributed by atoms with Crippen molar-refractivity contribution < 1.29 is 14.3 Å². The molecule has 0 aliphatic rings. The fourth-order valence-corrected chi connectivity index (χ4v) is 4.48. The molecule has 0 atom stereocenters. The van der Waals surface area contributed by atoms with Crippen molar-refractivity contribution in [3.8, 4) is 22.5 Å². The lowest BCUT2D eigenvalue weighted by molar-refractivity contribution is 0.0526. The number of pyridine rings is 1. The quantitative estimate of drug-likeness (QED) is 0.283. The number of nitrogens with one attached hydrogen (secondary N) is 1. The van der Waals surface area contributed by atoms with Crippen molar-refractivity contribution >= 4 is 39.2 Å². The lowest BCUT2D eigenvalue weighted by atomic mass is 10.0. The normalized spacial score (nSPS) is 10.8. The Balaban J connectivity index is 1.44. The summed E-state index contributed by atoms with van der Waals surface area (Å²) in [6, 6.07) is 26.3. The van der Waals surface area contributed by atoms with E-state index in [9.17, 15) is 9.59 Å². The molecule has 0 unspecified atom stereocenters. The lowest BCUT2D eigenvalue weighted by Gasteiger charge is -2.09. The third kappa shape index (κ3) is 4.81. The van der Waals surface area contributed by atoms with E-state index in [0.717, 1.165) is 27.7 Å². The molecule has 5 rings (SSSR count). The zero-order valence-electron chi connectivity index (χ0n) is 18.9. The van der Waals surface area contributed by atoms with Gasteiger partial charge in [-0.1, -0.05) is 60.7 Å². The van der Waals surface area contributed by atoms with Gasteiger partial charge in [0.2, 0.25) is 0 Å². The number of fused-ring (bicyclic) bond motifs is 1. The fourth-order valence-electron chi connectivity index (χ4n) is 3.77. The molecule has 0 saturated carbocycles. The van der Waals surface area contributed by atoms with Gasteiger partial charge in [-0.05, 0) is 31.2 Å². The van der Waals surface area contributed by atoms with Crippen molar-refractivity contribution in [3.63, 3.8) is 0 Å². The second-order valence-corrected chi connectivity index (χ2v) is 8.59. The highest BCUT2D eigenvalue weighted by atomic mass is 32.1. The number of hydrogen-bond acceptors (Lipinski definition) is 6. The summed E-state index contributed by atoms with van der Waals surface area (Å²) in [6.07, 6.45) is 0. The van der Waals surface area contributed by atoms with Crippen molar-refractivity contribution in [1.82, 2.24) is 9.97 Å². The molecule has 6 nitrogen and oxygen atoms in total. The Hall–Kier alpha value is -4.36. The van der Waals surface area contributed by atoms with Crippen LogP contribution in [0.15, 0.2) is 90.3 Å². The van der Waals surface area contributed by atoms with E-state index >= 15 is 0 Å². The molecule has 7 heteroatoms. The Labute approximate surface area is 206 Å². The van der Waals surface area contributed by atoms with Crippen molar-refractivity contribution in [1.29, 1.82) is 0 Å². The van der Waals surface area contributed by atoms with E-state index in [1.165, 1.54) is 11.3 Å². The van der Waals surface area contributed by atoms with Crippen LogP contribution in [-0.4, -0.2) is 28.5 Å². The summed E-state index contributed by atoms with van der Waals surface area (Å²) in [4.78, 5) is 34.7. The molecule has 2 heterocycles. The Kier molecular flexibility index (Phi) is 6.32. The van der Waals surface area contributed by atoms with Gasteiger partial charge in [0.25, 0.3) is 5.91 Å². The summed E-state index contributed by atoms with van der Waals surface area (Å²) < 4.78 is 5.08. The first-order valence-corrected chi connectivity index (χ1v) is 12.0. The van der Waals surface area contributed by atoms with Crippen LogP contribution in [0.4, 0.5) is 5.13 Å². The first-order chi connectivity index (χ1) is 17.1. The smallest absolute Gasteiger partial charge is 0.338 e. The maximum atomic E-state index is 13.3. The summed E-state index contributed by atoms with van der Waals surface area (Å²) in [7, 11) is 0. The van der Waals surface area contributed by atoms with Crippen molar-refractivity contribution in [2.45, 2.75) is 6.92 Å². The van der Waals surface area contributed by atoms with Gasteiger partial charge in [-0.2, -0.15) is 0 Å². The van der Waals surface area contributed by atoms with Crippen molar-refractivity contribution in [3.05, 3.63) is 101 Å². The standard InChI is InChI=1S/C28H21N3O3S/c1-2-34-27(33)20-12-8-11-19(15-20)25-17-35-28(30-25)31-26(32)22-16-24(18-9-4-3-5-10-18)29-23-14-7-6-13-21(22)23/h3-17H,2H2,1H3,(H,30,31,32). The number of carbonyl (C=O) groups is 2. The second kappa shape index (κ2) is 9.87. The molecule has 0 bridgehead atoms. The Bertz CT molecular complexity index is 1530. The van der Waals surface area contributed by atoms with Gasteiger partial charge in [-0.15, -0.1) is 11.3 Å². The van der Waals surface area contributed by atoms with Gasteiger partial charge >= 0.3 is 5.97 Å². The predicted octanol–water partition coefficient (Wildman–Crippen LogP) is 6.45. The van der Waals surface area contributed by atoms with Crippen LogP contribution in [0.1, 0.15) is 27.6 Å². The molecule has 1 amide bonds. The molecule has 3 aromatic carbocycles. The Morgan fingerprint density at radius 3 is 2.46 bits per heavy atom. The van der Waals surface area contributed by atoms with Crippen LogP contribution in [0.25, 0.3) is 33.4 Å². The topological polar surface area (TPSA) is 81.2 Å². The number of esters is 1. The van der Waals surface area contributed by atoms with Crippen LogP contribution >= 0.6 is 11.3 Å². The van der Waals surface area contributed by atoms with Crippen molar-refractivity contribution in [2.24, 2.45) is 0 Å². The van der Waals surface area contributed by atoms with Crippen molar-refractivity contribution in [2.75, 3.05) is 11.9 Å². The highest BCUT2D eigenvalue weighted by Crippen LogP contribution is 2.28. The van der Waals surface area contributed by atoms with E-state index in [1.807, 2.05) is 72.1 Å². The SMILES string of the molecule is CCOC(=O)c1cccc(-c2csc(NC(=O)c3cc(-c4ccccc4)nc4ccccc34)n2)c1. The molecule has 5 aromatic rings. The minimum absolute atomic E-state index is 0.262. The molecular formula is C28H21N3O3S. The monoisotopic (exact) mass is 479 g/mol. The van der Waals surface area contributed by atoms with E-state index in [0.29, 0.717) is 28.6 Å². The third-order valence-electron chi connectivity index (χ3n) is 5.42. The van der Waals surface area contributed by atoms with Gasteiger partial charge in [0.1, 0.15) is 0 Å². The van der Waals surface area contributed by atoms with Gasteiger partial charge < -0.3 is 4.74 Å². The zero-order chi connectivity index (χ0) is 24.2. The first kappa shape index (κ1) is 22.4. The fraction of sp³-hybridized carbons (Fsp3) is 0.0714. The molecule has 1 N–H and O–H groups in total. The molecule has 0 aliphatic carbocycles. The average molecular weight is 480 g/mol. The van der Waals surface area contributed by atoms with Gasteiger partial charge in [0, 0.05) is 21.9 Å². The van der Waals surface area contributed by atoms with E-state index in [-0.39, 0.29) is 11.9 Å². The highest BCUT2D eigenvalue weighted by Gasteiger charge is 2.16. The number of benzene rings is 3. The van der Waals surface area contributed by atoms with E-state index in [2.05, 4.69) is 10.3 Å². The summed E-state index contributed by atoms with van der Waals surface area (Å²) in [5, 5.41) is 6.01. The summed E-state index contributed by atoms with van der Waals surface area (Å²) in [6.45, 7) is 2.08. The number of aromatic nitrogens is 2. The third-order valence-corrected chi connectivity index (χ3v) is 6.18. The summed E-state index contributed by atoms with van der Waals surface area (Å²) in [5.74, 6) is -0.640. The number of rotatable bonds is 6. The highest BCUT2D eigenvalue weighted by molar-refractivity contribution is 7.14. The Morgan fingerprint density at radius 1 is 0.857 bits per heavy atom. The zero-order valence-corrected chi connectivity index (χ0v) is 19.7. The molecule has 2 aromatic heterocycles. The van der Waals surface area contributed by atoms with E-state index in [1.54, 1.807) is 25.1 Å². The maximum Gasteiger partial charge on any atom is 0.338 e. The van der Waals surface area contributed by atoms with Crippen LogP contribution < -0.4 is 5.32 Å². The Morgan fingerprint density at radius 2 is 1.63 bits per heavy atom.